The third kappa shape index (κ3) is 7.01. The fourth-order valence-electron chi connectivity index (χ4n) is 5.50. The number of fused-ring (bicyclic) bond motifs is 1. The number of rotatable bonds is 8. The average molecular weight is 596 g/mol. The fourth-order valence-corrected chi connectivity index (χ4v) is 6.29. The van der Waals surface area contributed by atoms with Crippen molar-refractivity contribution in [2.75, 3.05) is 48.6 Å². The Morgan fingerprint density at radius 1 is 0.976 bits per heavy atom. The third-order valence-corrected chi connectivity index (χ3v) is 8.46. The summed E-state index contributed by atoms with van der Waals surface area (Å²) in [4.78, 5) is 31.3. The van der Waals surface area contributed by atoms with E-state index in [1.807, 2.05) is 54.6 Å². The van der Waals surface area contributed by atoms with Crippen LogP contribution in [0, 0.1) is 0 Å². The van der Waals surface area contributed by atoms with E-state index in [1.165, 1.54) is 0 Å². The van der Waals surface area contributed by atoms with Crippen LogP contribution in [-0.4, -0.2) is 70.2 Å². The van der Waals surface area contributed by atoms with Crippen molar-refractivity contribution in [2.45, 2.75) is 24.9 Å². The molecule has 2 amide bonds. The minimum absolute atomic E-state index is 0.176. The number of halogens is 1. The predicted molar refractivity (Wildman–Crippen MR) is 162 cm³/mol. The van der Waals surface area contributed by atoms with Gasteiger partial charge in [0.25, 0.3) is 0 Å². The van der Waals surface area contributed by atoms with Gasteiger partial charge in [-0.2, -0.15) is 0 Å². The third-order valence-electron chi connectivity index (χ3n) is 7.50. The van der Waals surface area contributed by atoms with Crippen molar-refractivity contribution < 1.29 is 18.0 Å². The molecule has 3 aromatic carbocycles. The first-order valence-corrected chi connectivity index (χ1v) is 15.9. The van der Waals surface area contributed by atoms with Gasteiger partial charge in [-0.05, 0) is 41.3 Å². The number of nitrogens with zero attached hydrogens (tertiary/aromatic N) is 2. The van der Waals surface area contributed by atoms with Crippen LogP contribution in [0.4, 0.5) is 11.4 Å². The molecule has 216 valence electrons. The number of amides is 2. The largest absolute Gasteiger partial charge is 0.366 e. The molecule has 2 aliphatic heterocycles. The Balaban J connectivity index is 1.32. The number of benzene rings is 3. The normalized spacial score (nSPS) is 17.9. The van der Waals surface area contributed by atoms with Gasteiger partial charge in [-0.15, -0.1) is 0 Å². The summed E-state index contributed by atoms with van der Waals surface area (Å²) in [6, 6.07) is 21.1. The Labute approximate surface area is 245 Å². The molecular weight excluding hydrogens is 562 g/mol. The Morgan fingerprint density at radius 3 is 2.41 bits per heavy atom. The monoisotopic (exact) mass is 595 g/mol. The van der Waals surface area contributed by atoms with Crippen LogP contribution in [0.15, 0.2) is 72.8 Å². The minimum Gasteiger partial charge on any atom is -0.366 e. The quantitative estimate of drug-likeness (QED) is 0.369. The molecule has 41 heavy (non-hydrogen) atoms. The van der Waals surface area contributed by atoms with Crippen molar-refractivity contribution in [3.63, 3.8) is 0 Å². The van der Waals surface area contributed by atoms with E-state index in [0.29, 0.717) is 43.4 Å². The lowest BCUT2D eigenvalue weighted by Gasteiger charge is -2.38. The van der Waals surface area contributed by atoms with Gasteiger partial charge in [0.05, 0.1) is 17.6 Å². The topological polar surface area (TPSA) is 111 Å². The van der Waals surface area contributed by atoms with Crippen LogP contribution in [0.5, 0.6) is 0 Å². The number of carbonyl (C=O) groups excluding carboxylic acids is 2. The highest BCUT2D eigenvalue weighted by molar-refractivity contribution is 7.92. The number of anilines is 2. The summed E-state index contributed by atoms with van der Waals surface area (Å²) in [7, 11) is -3.44. The molecule has 0 spiro atoms. The van der Waals surface area contributed by atoms with Crippen molar-refractivity contribution in [1.29, 1.82) is 0 Å². The van der Waals surface area contributed by atoms with Crippen LogP contribution < -0.4 is 20.3 Å². The number of nitrogens with one attached hydrogen (secondary N) is 3. The maximum Gasteiger partial charge on any atom is 0.245 e. The zero-order valence-electron chi connectivity index (χ0n) is 22.8. The average Bonchev–Trinajstić information content (AvgIpc) is 2.97. The highest BCUT2D eigenvalue weighted by Gasteiger charge is 2.33. The number of carbonyl (C=O) groups is 2. The zero-order chi connectivity index (χ0) is 29.0. The van der Waals surface area contributed by atoms with Crippen LogP contribution in [-0.2, 0) is 32.5 Å². The first-order chi connectivity index (χ1) is 19.7. The smallest absolute Gasteiger partial charge is 0.245 e. The second-order valence-corrected chi connectivity index (χ2v) is 12.6. The van der Waals surface area contributed by atoms with Gasteiger partial charge in [0.15, 0.2) is 0 Å². The highest BCUT2D eigenvalue weighted by atomic mass is 35.5. The second kappa shape index (κ2) is 12.5. The van der Waals surface area contributed by atoms with E-state index in [1.54, 1.807) is 23.1 Å². The lowest BCUT2D eigenvalue weighted by Crippen LogP contribution is -2.57. The molecule has 0 aromatic heterocycles. The molecule has 1 saturated heterocycles. The van der Waals surface area contributed by atoms with Crippen LogP contribution in [0.1, 0.15) is 22.7 Å². The first kappa shape index (κ1) is 28.9. The molecule has 0 bridgehead atoms. The second-order valence-electron chi connectivity index (χ2n) is 10.4. The molecule has 0 saturated carbocycles. The van der Waals surface area contributed by atoms with Gasteiger partial charge in [-0.25, -0.2) is 8.42 Å². The van der Waals surface area contributed by atoms with Crippen LogP contribution in [0.25, 0.3) is 0 Å². The van der Waals surface area contributed by atoms with Crippen molar-refractivity contribution in [3.8, 4) is 0 Å². The van der Waals surface area contributed by atoms with Gasteiger partial charge in [-0.3, -0.25) is 14.3 Å². The van der Waals surface area contributed by atoms with E-state index >= 15 is 0 Å². The maximum absolute atomic E-state index is 13.9. The molecule has 11 heteroatoms. The van der Waals surface area contributed by atoms with Crippen LogP contribution in [0.2, 0.25) is 5.02 Å². The summed E-state index contributed by atoms with van der Waals surface area (Å²) in [5, 5.41) is 6.88. The molecule has 3 N–H and O–H groups in total. The van der Waals surface area contributed by atoms with Crippen molar-refractivity contribution >= 4 is 44.8 Å². The van der Waals surface area contributed by atoms with Gasteiger partial charge in [0, 0.05) is 44.2 Å². The lowest BCUT2D eigenvalue weighted by atomic mass is 9.93. The zero-order valence-corrected chi connectivity index (χ0v) is 24.4. The summed E-state index contributed by atoms with van der Waals surface area (Å²) < 4.78 is 26.3. The fraction of sp³-hybridized carbons (Fsp3) is 0.333. The van der Waals surface area contributed by atoms with Gasteiger partial charge in [-0.1, -0.05) is 66.2 Å². The van der Waals surface area contributed by atoms with Gasteiger partial charge in [0.1, 0.15) is 12.1 Å². The molecule has 1 fully saturated rings. The van der Waals surface area contributed by atoms with Gasteiger partial charge < -0.3 is 20.4 Å². The molecule has 2 aliphatic rings. The number of sulfonamides is 1. The van der Waals surface area contributed by atoms with E-state index in [2.05, 4.69) is 20.3 Å². The minimum atomic E-state index is -3.44. The van der Waals surface area contributed by atoms with Crippen molar-refractivity contribution in [1.82, 2.24) is 15.5 Å². The summed E-state index contributed by atoms with van der Waals surface area (Å²) >= 11 is 6.45. The summed E-state index contributed by atoms with van der Waals surface area (Å²) in [5.74, 6) is -0.425. The van der Waals surface area contributed by atoms with E-state index in [4.69, 9.17) is 11.6 Å². The molecule has 5 rings (SSSR count). The van der Waals surface area contributed by atoms with E-state index < -0.39 is 22.1 Å². The number of hydrogen-bond acceptors (Lipinski definition) is 6. The predicted octanol–water partition coefficient (Wildman–Crippen LogP) is 2.97. The molecule has 3 aromatic rings. The summed E-state index contributed by atoms with van der Waals surface area (Å²) in [6.45, 7) is 2.55. The molecule has 1 unspecified atom stereocenters. The van der Waals surface area contributed by atoms with Gasteiger partial charge in [0.2, 0.25) is 21.8 Å². The Hall–Kier alpha value is -3.60. The molecule has 2 atom stereocenters. The molecular formula is C30H34ClN5O4S. The summed E-state index contributed by atoms with van der Waals surface area (Å²) in [5.41, 5.74) is 4.09. The molecule has 2 heterocycles. The molecule has 0 aliphatic carbocycles. The number of piperazine rings is 1. The van der Waals surface area contributed by atoms with Crippen molar-refractivity contribution in [3.05, 3.63) is 94.5 Å². The highest BCUT2D eigenvalue weighted by Crippen LogP contribution is 2.28. The molecule has 0 radical (unpaired) electrons. The SMILES string of the molecule is CS(=O)(=O)Nc1ccccc1N1CCN(C(=O)[C@@H](Cc2ccccc2Cl)NC(=O)C2NCCc3ccccc32)CC1. The standard InChI is InChI=1S/C30H34ClN5O4S/c1-41(39,40)34-25-12-6-7-13-27(25)35-16-18-36(19-17-35)30(38)26(20-22-9-3-5-11-24(22)31)33-29(37)28-23-10-4-2-8-21(23)14-15-32-28/h2-13,26,28,32,34H,14-20H2,1H3,(H,33,37)/t26-,28?/m1/s1. The number of para-hydroxylation sites is 2. The van der Waals surface area contributed by atoms with E-state index in [-0.39, 0.29) is 18.2 Å². The van der Waals surface area contributed by atoms with Gasteiger partial charge >= 0.3 is 0 Å². The van der Waals surface area contributed by atoms with E-state index in [9.17, 15) is 18.0 Å². The van der Waals surface area contributed by atoms with Crippen LogP contribution >= 0.6 is 11.6 Å². The summed E-state index contributed by atoms with van der Waals surface area (Å²) in [6.07, 6.45) is 2.23. The first-order valence-electron chi connectivity index (χ1n) is 13.6. The lowest BCUT2D eigenvalue weighted by molar-refractivity contribution is -0.137. The Morgan fingerprint density at radius 2 is 1.66 bits per heavy atom. The maximum atomic E-state index is 13.9. The Bertz CT molecular complexity index is 1520. The Kier molecular flexibility index (Phi) is 8.82. The van der Waals surface area contributed by atoms with Crippen LogP contribution in [0.3, 0.4) is 0 Å². The van der Waals surface area contributed by atoms with E-state index in [0.717, 1.165) is 35.1 Å². The van der Waals surface area contributed by atoms with Crippen molar-refractivity contribution in [2.24, 2.45) is 0 Å². The molecule has 9 nitrogen and oxygen atoms in total. The number of hydrogen-bond donors (Lipinski definition) is 3.